The van der Waals surface area contributed by atoms with E-state index in [0.717, 1.165) is 12.2 Å². The van der Waals surface area contributed by atoms with Gasteiger partial charge in [-0.25, -0.2) is 9.97 Å². The number of carbonyl (C=O) groups excluding carboxylic acids is 2. The first kappa shape index (κ1) is 20.9. The smallest absolute Gasteiger partial charge is 0.260 e. The second-order valence-corrected chi connectivity index (χ2v) is 7.29. The van der Waals surface area contributed by atoms with Gasteiger partial charge in [0.05, 0.1) is 11.3 Å². The van der Waals surface area contributed by atoms with Crippen LogP contribution in [0.15, 0.2) is 29.3 Å². The van der Waals surface area contributed by atoms with Crippen molar-refractivity contribution in [3.8, 4) is 0 Å². The number of rotatable bonds is 7. The van der Waals surface area contributed by atoms with E-state index in [1.54, 1.807) is 24.3 Å². The molecular weight excluding hydrogens is 360 g/mol. The highest BCUT2D eigenvalue weighted by atomic mass is 32.2. The Morgan fingerprint density at radius 1 is 1.19 bits per heavy atom. The van der Waals surface area contributed by atoms with Crippen molar-refractivity contribution in [1.82, 2.24) is 15.3 Å². The monoisotopic (exact) mass is 386 g/mol. The largest absolute Gasteiger partial charge is 0.352 e. The average Bonchev–Trinajstić information content (AvgIpc) is 2.65. The standard InChI is InChI=1S/C20H26N4O2S/c1-6-10-21-18(25)14-8-7-9-15(11-14)23-19(26)16-13(4)22-17(12(2)3)24-20(16)27-5/h7-9,11-12H,6,10H2,1-5H3,(H,21,25)(H,23,26). The maximum Gasteiger partial charge on any atom is 0.260 e. The number of anilines is 1. The lowest BCUT2D eigenvalue weighted by molar-refractivity contribution is 0.0952. The highest BCUT2D eigenvalue weighted by molar-refractivity contribution is 7.98. The number of nitrogens with zero attached hydrogens (tertiary/aromatic N) is 2. The third kappa shape index (κ3) is 5.29. The Hall–Kier alpha value is -2.41. The SMILES string of the molecule is CCCNC(=O)c1cccc(NC(=O)c2c(C)nc(C(C)C)nc2SC)c1. The lowest BCUT2D eigenvalue weighted by atomic mass is 10.1. The van der Waals surface area contributed by atoms with Crippen LogP contribution >= 0.6 is 11.8 Å². The fourth-order valence-electron chi connectivity index (χ4n) is 2.51. The van der Waals surface area contributed by atoms with Gasteiger partial charge in [0.2, 0.25) is 0 Å². The molecule has 0 spiro atoms. The van der Waals surface area contributed by atoms with E-state index in [1.807, 2.05) is 34.0 Å². The van der Waals surface area contributed by atoms with Crippen LogP contribution in [0.5, 0.6) is 0 Å². The average molecular weight is 387 g/mol. The highest BCUT2D eigenvalue weighted by Crippen LogP contribution is 2.24. The number of nitrogens with one attached hydrogen (secondary N) is 2. The van der Waals surface area contributed by atoms with Gasteiger partial charge in [0.1, 0.15) is 10.9 Å². The first-order valence-corrected chi connectivity index (χ1v) is 10.2. The van der Waals surface area contributed by atoms with E-state index in [-0.39, 0.29) is 17.7 Å². The Morgan fingerprint density at radius 2 is 1.93 bits per heavy atom. The molecule has 2 rings (SSSR count). The first-order chi connectivity index (χ1) is 12.9. The Labute approximate surface area is 164 Å². The predicted molar refractivity (Wildman–Crippen MR) is 110 cm³/mol. The second-order valence-electron chi connectivity index (χ2n) is 6.50. The second kappa shape index (κ2) is 9.50. The number of carbonyl (C=O) groups is 2. The van der Waals surface area contributed by atoms with Crippen LogP contribution < -0.4 is 10.6 Å². The molecule has 2 amide bonds. The van der Waals surface area contributed by atoms with Gasteiger partial charge < -0.3 is 10.6 Å². The molecule has 0 aliphatic carbocycles. The van der Waals surface area contributed by atoms with Crippen molar-refractivity contribution in [2.24, 2.45) is 0 Å². The van der Waals surface area contributed by atoms with E-state index >= 15 is 0 Å². The Morgan fingerprint density at radius 3 is 2.56 bits per heavy atom. The molecule has 6 nitrogen and oxygen atoms in total. The van der Waals surface area contributed by atoms with Crippen molar-refractivity contribution < 1.29 is 9.59 Å². The third-order valence-electron chi connectivity index (χ3n) is 3.93. The van der Waals surface area contributed by atoms with Crippen LogP contribution in [0, 0.1) is 6.92 Å². The van der Waals surface area contributed by atoms with Crippen LogP contribution in [-0.4, -0.2) is 34.6 Å². The topological polar surface area (TPSA) is 84.0 Å². The van der Waals surface area contributed by atoms with E-state index in [4.69, 9.17) is 0 Å². The quantitative estimate of drug-likeness (QED) is 0.554. The van der Waals surface area contributed by atoms with Crippen molar-refractivity contribution in [3.63, 3.8) is 0 Å². The van der Waals surface area contributed by atoms with Crippen LogP contribution in [0.25, 0.3) is 0 Å². The van der Waals surface area contributed by atoms with E-state index in [2.05, 4.69) is 20.6 Å². The molecule has 27 heavy (non-hydrogen) atoms. The lowest BCUT2D eigenvalue weighted by Gasteiger charge is -2.14. The van der Waals surface area contributed by atoms with Crippen LogP contribution in [0.4, 0.5) is 5.69 Å². The maximum atomic E-state index is 12.8. The summed E-state index contributed by atoms with van der Waals surface area (Å²) in [4.78, 5) is 34.0. The number of aromatic nitrogens is 2. The van der Waals surface area contributed by atoms with Crippen LogP contribution in [-0.2, 0) is 0 Å². The van der Waals surface area contributed by atoms with Crippen LogP contribution in [0.3, 0.4) is 0 Å². The number of aryl methyl sites for hydroxylation is 1. The molecule has 0 aliphatic rings. The van der Waals surface area contributed by atoms with E-state index in [9.17, 15) is 9.59 Å². The summed E-state index contributed by atoms with van der Waals surface area (Å²) in [7, 11) is 0. The Balaban J connectivity index is 2.26. The molecule has 2 aromatic rings. The summed E-state index contributed by atoms with van der Waals surface area (Å²) in [5.41, 5.74) is 2.18. The summed E-state index contributed by atoms with van der Waals surface area (Å²) in [5.74, 6) is 0.477. The van der Waals surface area contributed by atoms with Crippen molar-refractivity contribution in [3.05, 3.63) is 46.9 Å². The molecule has 7 heteroatoms. The number of hydrogen-bond acceptors (Lipinski definition) is 5. The molecule has 0 bridgehead atoms. The van der Waals surface area contributed by atoms with Gasteiger partial charge in [-0.15, -0.1) is 11.8 Å². The Kier molecular flexibility index (Phi) is 7.36. The van der Waals surface area contributed by atoms with Gasteiger partial charge in [-0.05, 0) is 37.8 Å². The minimum absolute atomic E-state index is 0.154. The molecular formula is C20H26N4O2S. The van der Waals surface area contributed by atoms with E-state index in [1.165, 1.54) is 11.8 Å². The third-order valence-corrected chi connectivity index (χ3v) is 4.61. The molecule has 0 saturated carbocycles. The van der Waals surface area contributed by atoms with Gasteiger partial charge >= 0.3 is 0 Å². The fourth-order valence-corrected chi connectivity index (χ4v) is 3.14. The summed E-state index contributed by atoms with van der Waals surface area (Å²) in [6.45, 7) is 8.47. The highest BCUT2D eigenvalue weighted by Gasteiger charge is 2.20. The summed E-state index contributed by atoms with van der Waals surface area (Å²) >= 11 is 1.42. The Bertz CT molecular complexity index is 837. The van der Waals surface area contributed by atoms with Gasteiger partial charge in [0.15, 0.2) is 0 Å². The molecule has 2 N–H and O–H groups in total. The molecule has 1 heterocycles. The zero-order valence-corrected chi connectivity index (χ0v) is 17.2. The molecule has 1 aromatic carbocycles. The van der Waals surface area contributed by atoms with Crippen LogP contribution in [0.1, 0.15) is 65.3 Å². The zero-order chi connectivity index (χ0) is 20.0. The summed E-state index contributed by atoms with van der Waals surface area (Å²) in [6.07, 6.45) is 2.76. The number of benzene rings is 1. The van der Waals surface area contributed by atoms with Gasteiger partial charge in [0.25, 0.3) is 11.8 Å². The van der Waals surface area contributed by atoms with Crippen molar-refractivity contribution >= 4 is 29.3 Å². The van der Waals surface area contributed by atoms with Gasteiger partial charge in [0, 0.05) is 23.7 Å². The van der Waals surface area contributed by atoms with Crippen molar-refractivity contribution in [1.29, 1.82) is 0 Å². The normalized spacial score (nSPS) is 10.7. The fraction of sp³-hybridized carbons (Fsp3) is 0.400. The molecule has 0 fully saturated rings. The van der Waals surface area contributed by atoms with E-state index < -0.39 is 0 Å². The minimum atomic E-state index is -0.279. The molecule has 0 radical (unpaired) electrons. The predicted octanol–water partition coefficient (Wildman–Crippen LogP) is 4.02. The molecule has 0 unspecified atom stereocenters. The molecule has 144 valence electrons. The molecule has 0 saturated heterocycles. The van der Waals surface area contributed by atoms with Crippen LogP contribution in [0.2, 0.25) is 0 Å². The van der Waals surface area contributed by atoms with Gasteiger partial charge in [-0.3, -0.25) is 9.59 Å². The van der Waals surface area contributed by atoms with E-state index in [0.29, 0.717) is 34.1 Å². The molecule has 1 aromatic heterocycles. The number of hydrogen-bond donors (Lipinski definition) is 2. The minimum Gasteiger partial charge on any atom is -0.352 e. The van der Waals surface area contributed by atoms with Crippen molar-refractivity contribution in [2.45, 2.75) is 45.1 Å². The zero-order valence-electron chi connectivity index (χ0n) is 16.4. The lowest BCUT2D eigenvalue weighted by Crippen LogP contribution is -2.24. The summed E-state index contributed by atoms with van der Waals surface area (Å²) < 4.78 is 0. The molecule has 0 aliphatic heterocycles. The first-order valence-electron chi connectivity index (χ1n) is 8.99. The number of amides is 2. The number of thioether (sulfide) groups is 1. The molecule has 0 atom stereocenters. The summed E-state index contributed by atoms with van der Waals surface area (Å²) in [6, 6.07) is 6.89. The van der Waals surface area contributed by atoms with Crippen molar-refractivity contribution in [2.75, 3.05) is 18.1 Å². The maximum absolute atomic E-state index is 12.8. The van der Waals surface area contributed by atoms with Gasteiger partial charge in [-0.2, -0.15) is 0 Å². The van der Waals surface area contributed by atoms with Gasteiger partial charge in [-0.1, -0.05) is 26.8 Å². The summed E-state index contributed by atoms with van der Waals surface area (Å²) in [5, 5.41) is 6.34.